The average molecular weight is 327 g/mol. The van der Waals surface area contributed by atoms with Gasteiger partial charge in [0.25, 0.3) is 5.97 Å². The van der Waals surface area contributed by atoms with Gasteiger partial charge in [0, 0.05) is 0 Å². The molecule has 0 spiro atoms. The van der Waals surface area contributed by atoms with Crippen molar-refractivity contribution in [1.29, 1.82) is 0 Å². The lowest BCUT2D eigenvalue weighted by molar-refractivity contribution is -0.317. The summed E-state index contributed by atoms with van der Waals surface area (Å²) in [5.74, 6) is -4.54. The highest BCUT2D eigenvalue weighted by atomic mass is 79.9. The van der Waals surface area contributed by atoms with Crippen molar-refractivity contribution in [3.05, 3.63) is 0 Å². The quantitative estimate of drug-likeness (QED) is 0.275. The Bertz CT molecular complexity index is 292. The first-order valence-corrected chi connectivity index (χ1v) is 6.67. The molecule has 0 aromatic carbocycles. The predicted molar refractivity (Wildman–Crippen MR) is 67.6 cm³/mol. The fraction of sp³-hybridized carbons (Fsp3) is 0.800. The Labute approximate surface area is 113 Å². The highest BCUT2D eigenvalue weighted by Crippen LogP contribution is 2.09. The molecule has 0 bridgehead atoms. The van der Waals surface area contributed by atoms with Gasteiger partial charge in [0.2, 0.25) is 5.91 Å². The number of nitrogens with two attached hydrogens (primary N) is 1. The highest BCUT2D eigenvalue weighted by Gasteiger charge is 2.38. The summed E-state index contributed by atoms with van der Waals surface area (Å²) in [5.41, 5.74) is 5.22. The second-order valence-corrected chi connectivity index (χ2v) is 4.52. The number of carbonyl (C=O) groups excluding carboxylic acids is 2. The zero-order valence-electron chi connectivity index (χ0n) is 10.1. The van der Waals surface area contributed by atoms with E-state index in [1.165, 1.54) is 0 Å². The predicted octanol–water partition coefficient (Wildman–Crippen LogP) is -1.42. The van der Waals surface area contributed by atoms with Crippen LogP contribution >= 0.6 is 15.9 Å². The summed E-state index contributed by atoms with van der Waals surface area (Å²) < 4.78 is 0. The summed E-state index contributed by atoms with van der Waals surface area (Å²) in [4.78, 5) is 23.0. The maximum absolute atomic E-state index is 11.8. The number of aliphatic hydroxyl groups is 3. The number of nitrogens with one attached hydrogen (secondary N) is 1. The molecule has 0 saturated heterocycles. The van der Waals surface area contributed by atoms with Crippen molar-refractivity contribution in [3.63, 3.8) is 0 Å². The van der Waals surface area contributed by atoms with Crippen LogP contribution < -0.4 is 11.1 Å². The lowest BCUT2D eigenvalue weighted by atomic mass is 9.99. The maximum atomic E-state index is 11.8. The van der Waals surface area contributed by atoms with E-state index in [2.05, 4.69) is 21.2 Å². The van der Waals surface area contributed by atoms with Crippen LogP contribution in [0.15, 0.2) is 0 Å². The molecule has 7 nitrogen and oxygen atoms in total. The second-order valence-electron chi connectivity index (χ2n) is 3.96. The molecule has 2 unspecified atom stereocenters. The van der Waals surface area contributed by atoms with Crippen molar-refractivity contribution in [3.8, 4) is 0 Å². The van der Waals surface area contributed by atoms with Gasteiger partial charge < -0.3 is 26.4 Å². The lowest BCUT2D eigenvalue weighted by Crippen LogP contribution is -2.58. The number of ketones is 1. The molecule has 6 N–H and O–H groups in total. The first kappa shape index (κ1) is 17.5. The average Bonchev–Trinajstić information content (AvgIpc) is 2.30. The van der Waals surface area contributed by atoms with Gasteiger partial charge >= 0.3 is 0 Å². The Morgan fingerprint density at radius 2 is 1.94 bits per heavy atom. The van der Waals surface area contributed by atoms with E-state index in [4.69, 9.17) is 21.1 Å². The molecule has 2 atom stereocenters. The van der Waals surface area contributed by atoms with E-state index < -0.39 is 29.7 Å². The monoisotopic (exact) mass is 326 g/mol. The number of Topliss-reactive ketones (excluding diaryl/α,β-unsaturated/α-hetero) is 1. The third-order valence-electron chi connectivity index (χ3n) is 2.37. The van der Waals surface area contributed by atoms with Crippen LogP contribution in [-0.4, -0.2) is 50.4 Å². The number of carbonyl (C=O) groups is 2. The number of amides is 1. The topological polar surface area (TPSA) is 133 Å². The van der Waals surface area contributed by atoms with Gasteiger partial charge in [-0.15, -0.1) is 0 Å². The zero-order chi connectivity index (χ0) is 14.3. The first-order valence-electron chi connectivity index (χ1n) is 5.55. The Balaban J connectivity index is 4.73. The van der Waals surface area contributed by atoms with Crippen LogP contribution in [0.4, 0.5) is 0 Å². The highest BCUT2D eigenvalue weighted by molar-refractivity contribution is 9.09. The molecule has 0 heterocycles. The van der Waals surface area contributed by atoms with Gasteiger partial charge in [-0.2, -0.15) is 0 Å². The van der Waals surface area contributed by atoms with Gasteiger partial charge in [-0.3, -0.25) is 9.59 Å². The molecule has 18 heavy (non-hydrogen) atoms. The molecule has 0 saturated carbocycles. The van der Waals surface area contributed by atoms with Crippen LogP contribution in [0.1, 0.15) is 26.2 Å². The van der Waals surface area contributed by atoms with Crippen LogP contribution in [0, 0.1) is 0 Å². The third kappa shape index (κ3) is 5.87. The molecule has 0 aromatic rings. The van der Waals surface area contributed by atoms with Gasteiger partial charge in [0.15, 0.2) is 5.78 Å². The van der Waals surface area contributed by atoms with Crippen LogP contribution in [0.5, 0.6) is 0 Å². The molecule has 1 amide bonds. The Morgan fingerprint density at radius 3 is 2.33 bits per heavy atom. The Hall–Kier alpha value is -0.540. The Kier molecular flexibility index (Phi) is 7.56. The van der Waals surface area contributed by atoms with Crippen LogP contribution in [0.25, 0.3) is 0 Å². The summed E-state index contributed by atoms with van der Waals surface area (Å²) >= 11 is 2.93. The molecule has 0 rings (SSSR count). The summed E-state index contributed by atoms with van der Waals surface area (Å²) in [6.45, 7) is 1.90. The molecule has 0 radical (unpaired) electrons. The molecule has 0 fully saturated rings. The first-order chi connectivity index (χ1) is 8.23. The van der Waals surface area contributed by atoms with Crippen molar-refractivity contribution in [2.24, 2.45) is 5.73 Å². The summed E-state index contributed by atoms with van der Waals surface area (Å²) in [6.07, 6.45) is 1.77. The summed E-state index contributed by atoms with van der Waals surface area (Å²) in [7, 11) is 0. The van der Waals surface area contributed by atoms with E-state index in [9.17, 15) is 9.59 Å². The van der Waals surface area contributed by atoms with Gasteiger partial charge in [-0.1, -0.05) is 35.7 Å². The molecule has 0 aliphatic heterocycles. The minimum atomic E-state index is -3.29. The van der Waals surface area contributed by atoms with Gasteiger partial charge in [-0.25, -0.2) is 0 Å². The maximum Gasteiger partial charge on any atom is 0.299 e. The van der Waals surface area contributed by atoms with E-state index in [0.717, 1.165) is 6.42 Å². The largest absolute Gasteiger partial charge is 0.345 e. The summed E-state index contributed by atoms with van der Waals surface area (Å²) in [6, 6.07) is -2.84. The minimum Gasteiger partial charge on any atom is -0.345 e. The molecule has 0 aliphatic carbocycles. The Morgan fingerprint density at radius 1 is 1.39 bits per heavy atom. The van der Waals surface area contributed by atoms with Gasteiger partial charge in [0.1, 0.15) is 6.04 Å². The van der Waals surface area contributed by atoms with Gasteiger partial charge in [0.05, 0.1) is 11.4 Å². The van der Waals surface area contributed by atoms with E-state index in [1.54, 1.807) is 0 Å². The second kappa shape index (κ2) is 7.80. The fourth-order valence-electron chi connectivity index (χ4n) is 1.33. The van der Waals surface area contributed by atoms with Crippen LogP contribution in [0.3, 0.4) is 0 Å². The van der Waals surface area contributed by atoms with Crippen molar-refractivity contribution in [2.75, 3.05) is 5.33 Å². The van der Waals surface area contributed by atoms with E-state index in [1.807, 2.05) is 6.92 Å². The number of alkyl halides is 1. The third-order valence-corrected chi connectivity index (χ3v) is 2.88. The van der Waals surface area contributed by atoms with E-state index >= 15 is 0 Å². The number of hydrogen-bond acceptors (Lipinski definition) is 6. The van der Waals surface area contributed by atoms with Gasteiger partial charge in [-0.05, 0) is 6.42 Å². The van der Waals surface area contributed by atoms with Crippen LogP contribution in [-0.2, 0) is 9.59 Å². The van der Waals surface area contributed by atoms with Crippen molar-refractivity contribution >= 4 is 27.6 Å². The molecule has 0 aromatic heterocycles. The van der Waals surface area contributed by atoms with Crippen molar-refractivity contribution in [1.82, 2.24) is 5.32 Å². The number of hydrogen-bond donors (Lipinski definition) is 5. The van der Waals surface area contributed by atoms with Crippen molar-refractivity contribution < 1.29 is 24.9 Å². The molecule has 8 heteroatoms. The molecule has 0 aliphatic rings. The summed E-state index contributed by atoms with van der Waals surface area (Å²) in [5, 5.41) is 29.0. The normalized spacial score (nSPS) is 15.0. The molecular formula is C10H19BrN2O5. The van der Waals surface area contributed by atoms with Crippen molar-refractivity contribution in [2.45, 2.75) is 44.2 Å². The molecular weight excluding hydrogens is 308 g/mol. The lowest BCUT2D eigenvalue weighted by Gasteiger charge is -2.25. The molecule has 106 valence electrons. The van der Waals surface area contributed by atoms with E-state index in [0.29, 0.717) is 12.8 Å². The fourth-order valence-corrected chi connectivity index (χ4v) is 1.50. The minimum absolute atomic E-state index is 0.0145. The smallest absolute Gasteiger partial charge is 0.299 e. The number of rotatable bonds is 8. The number of unbranched alkanes of at least 4 members (excludes halogenated alkanes) is 1. The van der Waals surface area contributed by atoms with E-state index in [-0.39, 0.29) is 5.33 Å². The number of halogens is 1. The van der Waals surface area contributed by atoms with Crippen LogP contribution in [0.2, 0.25) is 0 Å². The SMILES string of the molecule is CCCCC(NC(=O)CBr)C(=O)C(N)C(O)(O)O. The zero-order valence-corrected chi connectivity index (χ0v) is 11.7. The standard InChI is InChI=1S/C10H19BrN2O5/c1-2-3-4-6(13-7(14)5-11)8(15)9(12)10(16,17)18/h6,9,16-18H,2-5,12H2,1H3,(H,13,14).